The molecule has 0 aliphatic heterocycles. The molecule has 0 spiro atoms. The van der Waals surface area contributed by atoms with Gasteiger partial charge in [0, 0.05) is 16.3 Å². The van der Waals surface area contributed by atoms with Gasteiger partial charge in [-0.05, 0) is 23.6 Å². The topological polar surface area (TPSA) is 49.3 Å². The first-order chi connectivity index (χ1) is 8.66. The van der Waals surface area contributed by atoms with Gasteiger partial charge in [0.25, 0.3) is 0 Å². The maximum absolute atomic E-state index is 10.6. The maximum atomic E-state index is 10.6. The number of carboxylic acid groups (broad SMARTS) is 1. The number of thiophene rings is 2. The Morgan fingerprint density at radius 1 is 1.39 bits per heavy atom. The van der Waals surface area contributed by atoms with Crippen molar-refractivity contribution in [1.29, 1.82) is 0 Å². The van der Waals surface area contributed by atoms with E-state index in [0.717, 1.165) is 9.21 Å². The van der Waals surface area contributed by atoms with Crippen LogP contribution in [-0.2, 0) is 4.79 Å². The fourth-order valence-electron chi connectivity index (χ4n) is 1.60. The van der Waals surface area contributed by atoms with Gasteiger partial charge in [-0.15, -0.1) is 22.7 Å². The zero-order valence-electron chi connectivity index (χ0n) is 9.43. The smallest absolute Gasteiger partial charge is 0.304 e. The highest BCUT2D eigenvalue weighted by molar-refractivity contribution is 7.16. The highest BCUT2D eigenvalue weighted by Gasteiger charge is 2.16. The van der Waals surface area contributed by atoms with Gasteiger partial charge in [-0.1, -0.05) is 17.7 Å². The lowest BCUT2D eigenvalue weighted by Gasteiger charge is -2.15. The second kappa shape index (κ2) is 6.33. The first-order valence-corrected chi connectivity index (χ1v) is 7.48. The minimum atomic E-state index is -0.795. The Morgan fingerprint density at radius 2 is 2.22 bits per heavy atom. The Kier molecular flexibility index (Phi) is 4.77. The summed E-state index contributed by atoms with van der Waals surface area (Å²) in [5.41, 5.74) is 0. The molecule has 18 heavy (non-hydrogen) atoms. The number of carboxylic acids is 1. The molecule has 0 amide bonds. The summed E-state index contributed by atoms with van der Waals surface area (Å²) in [5.74, 6) is -0.795. The SMILES string of the molecule is O=C(O)CCNC(c1cccs1)c1ccc(Cl)s1. The van der Waals surface area contributed by atoms with Crippen LogP contribution < -0.4 is 5.32 Å². The summed E-state index contributed by atoms with van der Waals surface area (Å²) in [4.78, 5) is 12.8. The molecule has 0 aliphatic rings. The van der Waals surface area contributed by atoms with Gasteiger partial charge in [0.15, 0.2) is 0 Å². The molecule has 0 bridgehead atoms. The average molecular weight is 302 g/mol. The van der Waals surface area contributed by atoms with Crippen LogP contribution in [0.15, 0.2) is 29.6 Å². The number of hydrogen-bond acceptors (Lipinski definition) is 4. The summed E-state index contributed by atoms with van der Waals surface area (Å²) in [6.45, 7) is 0.438. The largest absolute Gasteiger partial charge is 0.481 e. The Morgan fingerprint density at radius 3 is 2.78 bits per heavy atom. The first kappa shape index (κ1) is 13.5. The van der Waals surface area contributed by atoms with E-state index in [-0.39, 0.29) is 12.5 Å². The lowest BCUT2D eigenvalue weighted by Crippen LogP contribution is -2.23. The number of nitrogens with one attached hydrogen (secondary N) is 1. The average Bonchev–Trinajstić information content (AvgIpc) is 2.95. The van der Waals surface area contributed by atoms with E-state index in [2.05, 4.69) is 5.32 Å². The molecule has 3 nitrogen and oxygen atoms in total. The first-order valence-electron chi connectivity index (χ1n) is 5.40. The number of hydrogen-bond donors (Lipinski definition) is 2. The van der Waals surface area contributed by atoms with Crippen molar-refractivity contribution >= 4 is 40.2 Å². The van der Waals surface area contributed by atoms with Gasteiger partial charge >= 0.3 is 5.97 Å². The molecule has 2 aromatic heterocycles. The van der Waals surface area contributed by atoms with Crippen LogP contribution >= 0.6 is 34.3 Å². The Labute approximate surface area is 118 Å². The summed E-state index contributed by atoms with van der Waals surface area (Å²) in [6.07, 6.45) is 0.112. The highest BCUT2D eigenvalue weighted by Crippen LogP contribution is 2.32. The second-order valence-electron chi connectivity index (χ2n) is 3.69. The molecular formula is C12H12ClNO2S2. The lowest BCUT2D eigenvalue weighted by molar-refractivity contribution is -0.136. The van der Waals surface area contributed by atoms with Crippen molar-refractivity contribution in [3.8, 4) is 0 Å². The summed E-state index contributed by atoms with van der Waals surface area (Å²) >= 11 is 9.11. The van der Waals surface area contributed by atoms with E-state index in [4.69, 9.17) is 16.7 Å². The number of carbonyl (C=O) groups is 1. The predicted molar refractivity (Wildman–Crippen MR) is 75.7 cm³/mol. The van der Waals surface area contributed by atoms with Crippen LogP contribution in [0.3, 0.4) is 0 Å². The van der Waals surface area contributed by atoms with Crippen LogP contribution in [0.2, 0.25) is 4.34 Å². The Balaban J connectivity index is 2.11. The van der Waals surface area contributed by atoms with E-state index in [1.807, 2.05) is 29.6 Å². The third kappa shape index (κ3) is 3.55. The molecule has 0 aliphatic carbocycles. The van der Waals surface area contributed by atoms with Crippen molar-refractivity contribution in [3.63, 3.8) is 0 Å². The monoisotopic (exact) mass is 301 g/mol. The van der Waals surface area contributed by atoms with E-state index < -0.39 is 5.97 Å². The van der Waals surface area contributed by atoms with Crippen molar-refractivity contribution in [2.24, 2.45) is 0 Å². The van der Waals surface area contributed by atoms with E-state index in [1.54, 1.807) is 11.3 Å². The van der Waals surface area contributed by atoms with Gasteiger partial charge in [-0.25, -0.2) is 0 Å². The Hall–Kier alpha value is -0.880. The van der Waals surface area contributed by atoms with Crippen molar-refractivity contribution in [3.05, 3.63) is 43.7 Å². The zero-order valence-corrected chi connectivity index (χ0v) is 11.8. The number of rotatable bonds is 6. The quantitative estimate of drug-likeness (QED) is 0.857. The maximum Gasteiger partial charge on any atom is 0.304 e. The highest BCUT2D eigenvalue weighted by atomic mass is 35.5. The summed E-state index contributed by atoms with van der Waals surface area (Å²) in [6, 6.07) is 7.89. The molecule has 0 aromatic carbocycles. The molecule has 0 fully saturated rings. The van der Waals surface area contributed by atoms with Crippen LogP contribution in [0, 0.1) is 0 Å². The van der Waals surface area contributed by atoms with E-state index in [0.29, 0.717) is 6.54 Å². The van der Waals surface area contributed by atoms with Gasteiger partial charge in [-0.2, -0.15) is 0 Å². The van der Waals surface area contributed by atoms with Gasteiger partial charge in [-0.3, -0.25) is 4.79 Å². The Bertz CT molecular complexity index is 510. The summed E-state index contributed by atoms with van der Waals surface area (Å²) in [7, 11) is 0. The summed E-state index contributed by atoms with van der Waals surface area (Å²) < 4.78 is 0.742. The molecule has 2 N–H and O–H groups in total. The minimum absolute atomic E-state index is 0.0295. The lowest BCUT2D eigenvalue weighted by atomic mass is 10.2. The van der Waals surface area contributed by atoms with Gasteiger partial charge in [0.05, 0.1) is 16.8 Å². The van der Waals surface area contributed by atoms with Gasteiger partial charge in [0.2, 0.25) is 0 Å². The molecule has 6 heteroatoms. The van der Waals surface area contributed by atoms with Crippen LogP contribution in [0.25, 0.3) is 0 Å². The fraction of sp³-hybridized carbons (Fsp3) is 0.250. The van der Waals surface area contributed by atoms with Crippen molar-refractivity contribution in [2.45, 2.75) is 12.5 Å². The normalized spacial score (nSPS) is 12.5. The van der Waals surface area contributed by atoms with Crippen molar-refractivity contribution in [1.82, 2.24) is 5.32 Å². The molecule has 1 atom stereocenters. The predicted octanol–water partition coefficient (Wildman–Crippen LogP) is 3.62. The van der Waals surface area contributed by atoms with Crippen LogP contribution in [0.5, 0.6) is 0 Å². The molecule has 2 heterocycles. The number of aliphatic carboxylic acids is 1. The van der Waals surface area contributed by atoms with Crippen LogP contribution in [0.1, 0.15) is 22.2 Å². The summed E-state index contributed by atoms with van der Waals surface area (Å²) in [5, 5.41) is 14.0. The van der Waals surface area contributed by atoms with E-state index in [9.17, 15) is 4.79 Å². The minimum Gasteiger partial charge on any atom is -0.481 e. The molecular weight excluding hydrogens is 290 g/mol. The molecule has 0 saturated heterocycles. The molecule has 0 radical (unpaired) electrons. The van der Waals surface area contributed by atoms with E-state index >= 15 is 0 Å². The van der Waals surface area contributed by atoms with Crippen LogP contribution in [-0.4, -0.2) is 17.6 Å². The third-order valence-electron chi connectivity index (χ3n) is 2.39. The number of halogens is 1. The molecule has 1 unspecified atom stereocenters. The van der Waals surface area contributed by atoms with Gasteiger partial charge in [0.1, 0.15) is 0 Å². The van der Waals surface area contributed by atoms with Crippen molar-refractivity contribution in [2.75, 3.05) is 6.54 Å². The second-order valence-corrected chi connectivity index (χ2v) is 6.41. The molecule has 2 aromatic rings. The zero-order chi connectivity index (χ0) is 13.0. The molecule has 96 valence electrons. The van der Waals surface area contributed by atoms with Crippen molar-refractivity contribution < 1.29 is 9.90 Å². The van der Waals surface area contributed by atoms with E-state index in [1.165, 1.54) is 16.2 Å². The standard InChI is InChI=1S/C12H12ClNO2S2/c13-10-4-3-9(18-10)12(8-2-1-7-17-8)14-6-5-11(15)16/h1-4,7,12,14H,5-6H2,(H,15,16). The molecule has 0 saturated carbocycles. The third-order valence-corrected chi connectivity index (χ3v) is 4.63. The fourth-order valence-corrected chi connectivity index (χ4v) is 3.65. The molecule has 2 rings (SSSR count). The van der Waals surface area contributed by atoms with Gasteiger partial charge < -0.3 is 10.4 Å². The van der Waals surface area contributed by atoms with Crippen LogP contribution in [0.4, 0.5) is 0 Å².